The first-order valence-corrected chi connectivity index (χ1v) is 13.1. The fourth-order valence-electron chi connectivity index (χ4n) is 6.57. The number of allylic oxidation sites excluding steroid dienone is 1. The van der Waals surface area contributed by atoms with Gasteiger partial charge in [0.2, 0.25) is 5.91 Å². The monoisotopic (exact) mass is 565 g/mol. The van der Waals surface area contributed by atoms with Gasteiger partial charge in [0.15, 0.2) is 17.2 Å². The Morgan fingerprint density at radius 2 is 1.76 bits per heavy atom. The number of anilines is 1. The van der Waals surface area contributed by atoms with Crippen LogP contribution < -0.4 is 15.8 Å². The summed E-state index contributed by atoms with van der Waals surface area (Å²) in [7, 11) is 3.17. The van der Waals surface area contributed by atoms with Gasteiger partial charge in [0.25, 0.3) is 0 Å². The van der Waals surface area contributed by atoms with Crippen molar-refractivity contribution in [3.63, 3.8) is 0 Å². The van der Waals surface area contributed by atoms with E-state index in [0.717, 1.165) is 5.56 Å². The number of likely N-dealkylation sites (N-methyl/N-ethyl adjacent to an activating group) is 1. The maximum Gasteiger partial charge on any atom is 0.417 e. The molecule has 0 aliphatic heterocycles. The first-order valence-electron chi connectivity index (χ1n) is 13.1. The normalized spacial score (nSPS) is 29.0. The summed E-state index contributed by atoms with van der Waals surface area (Å²) in [6, 6.07) is 8.42. The zero-order valence-electron chi connectivity index (χ0n) is 22.6. The van der Waals surface area contributed by atoms with Crippen LogP contribution in [0.5, 0.6) is 11.5 Å². The Morgan fingerprint density at radius 1 is 1.10 bits per heavy atom. The zero-order chi connectivity index (χ0) is 30.0. The first-order chi connectivity index (χ1) is 19.3. The van der Waals surface area contributed by atoms with Gasteiger partial charge in [0, 0.05) is 23.2 Å². The number of aryl methyl sites for hydroxylation is 1. The molecule has 1 saturated carbocycles. The highest BCUT2D eigenvalue weighted by atomic mass is 16.6. The molecule has 7 N–H and O–H groups in total. The third-order valence-corrected chi connectivity index (χ3v) is 8.45. The number of fused-ring (bicyclic) bond motifs is 3. The average Bonchev–Trinajstić information content (AvgIpc) is 2.89. The topological polar surface area (TPSA) is 200 Å². The standard InChI is InChI=1S/C29H31N3O9/c1-12-4-6-14(7-5-12)41-28(39)31-17-8-9-18(33)20-15(17)10-13-11-16-22(32(2)3)24(35)21(27(30)38)26(37)29(16,40)25(36)19(13)23(20)34/h4-9,13,16,21-22,24,33,35-36,40H,10-11H2,1-3H3,(H2,30,38)(H,31,39)/t13-,16-,21?,22-,24?,29-/m0/s1. The lowest BCUT2D eigenvalue weighted by Gasteiger charge is -2.53. The van der Waals surface area contributed by atoms with Crippen LogP contribution in [0.15, 0.2) is 47.7 Å². The molecule has 0 radical (unpaired) electrons. The van der Waals surface area contributed by atoms with Crippen LogP contribution in [0, 0.1) is 24.7 Å². The van der Waals surface area contributed by atoms with Gasteiger partial charge in [-0.25, -0.2) is 4.79 Å². The number of aromatic hydroxyl groups is 1. The summed E-state index contributed by atoms with van der Waals surface area (Å²) in [5, 5.41) is 47.3. The van der Waals surface area contributed by atoms with Crippen LogP contribution in [-0.2, 0) is 16.0 Å². The van der Waals surface area contributed by atoms with Gasteiger partial charge >= 0.3 is 6.09 Å². The predicted octanol–water partition coefficient (Wildman–Crippen LogP) is 1.20. The van der Waals surface area contributed by atoms with Crippen molar-refractivity contribution < 1.29 is 44.3 Å². The van der Waals surface area contributed by atoms with E-state index in [4.69, 9.17) is 10.5 Å². The highest BCUT2D eigenvalue weighted by Crippen LogP contribution is 2.53. The number of ether oxygens (including phenoxy) is 1. The molecule has 2 unspecified atom stereocenters. The van der Waals surface area contributed by atoms with Gasteiger partial charge in [0.05, 0.1) is 11.7 Å². The largest absolute Gasteiger partial charge is 0.508 e. The van der Waals surface area contributed by atoms with Gasteiger partial charge in [-0.3, -0.25) is 19.7 Å². The molecule has 0 aromatic heterocycles. The second kappa shape index (κ2) is 9.98. The maximum atomic E-state index is 13.8. The Labute approximate surface area is 235 Å². The Morgan fingerprint density at radius 3 is 2.37 bits per heavy atom. The molecule has 5 rings (SSSR count). The molecule has 3 aliphatic rings. The lowest BCUT2D eigenvalue weighted by molar-refractivity contribution is -0.178. The number of phenols is 1. The average molecular weight is 566 g/mol. The van der Waals surface area contributed by atoms with E-state index in [1.807, 2.05) is 6.92 Å². The number of amides is 2. The molecule has 2 amide bonds. The third-order valence-electron chi connectivity index (χ3n) is 8.45. The van der Waals surface area contributed by atoms with Crippen molar-refractivity contribution in [3.05, 3.63) is 64.4 Å². The molecule has 0 bridgehead atoms. The molecule has 216 valence electrons. The predicted molar refractivity (Wildman–Crippen MR) is 144 cm³/mol. The van der Waals surface area contributed by atoms with E-state index in [9.17, 15) is 39.6 Å². The van der Waals surface area contributed by atoms with E-state index in [1.165, 1.54) is 17.0 Å². The zero-order valence-corrected chi connectivity index (χ0v) is 22.6. The van der Waals surface area contributed by atoms with Crippen LogP contribution in [0.3, 0.4) is 0 Å². The third kappa shape index (κ3) is 4.35. The van der Waals surface area contributed by atoms with Crippen molar-refractivity contribution >= 4 is 29.3 Å². The van der Waals surface area contributed by atoms with E-state index in [0.29, 0.717) is 5.75 Å². The number of hydrogen-bond donors (Lipinski definition) is 6. The van der Waals surface area contributed by atoms with Gasteiger partial charge in [-0.15, -0.1) is 0 Å². The number of primary amides is 1. The number of nitrogens with one attached hydrogen (secondary N) is 1. The molecule has 0 spiro atoms. The smallest absolute Gasteiger partial charge is 0.417 e. The molecule has 2 aromatic carbocycles. The Kier molecular flexibility index (Phi) is 6.88. The number of carbonyl (C=O) groups is 4. The van der Waals surface area contributed by atoms with Gasteiger partial charge in [-0.05, 0) is 69.6 Å². The maximum absolute atomic E-state index is 13.8. The van der Waals surface area contributed by atoms with Crippen molar-refractivity contribution in [2.24, 2.45) is 23.5 Å². The Balaban J connectivity index is 1.56. The van der Waals surface area contributed by atoms with E-state index in [2.05, 4.69) is 5.32 Å². The van der Waals surface area contributed by atoms with Crippen molar-refractivity contribution in [1.82, 2.24) is 4.90 Å². The van der Waals surface area contributed by atoms with Gasteiger partial charge in [-0.1, -0.05) is 17.7 Å². The number of hydrogen-bond acceptors (Lipinski definition) is 10. The van der Waals surface area contributed by atoms with Crippen molar-refractivity contribution in [3.8, 4) is 11.5 Å². The molecule has 3 aliphatic carbocycles. The number of rotatable bonds is 4. The number of ketones is 2. The van der Waals surface area contributed by atoms with Gasteiger partial charge in [0.1, 0.15) is 23.2 Å². The molecule has 6 atom stereocenters. The lowest BCUT2D eigenvalue weighted by Crippen LogP contribution is -2.71. The fraction of sp³-hybridized carbons (Fsp3) is 0.379. The van der Waals surface area contributed by atoms with E-state index < -0.39 is 70.6 Å². The Bertz CT molecular complexity index is 1500. The highest BCUT2D eigenvalue weighted by Gasteiger charge is 2.66. The van der Waals surface area contributed by atoms with E-state index in [1.54, 1.807) is 38.4 Å². The summed E-state index contributed by atoms with van der Waals surface area (Å²) >= 11 is 0. The number of nitrogens with zero attached hydrogens (tertiary/aromatic N) is 1. The summed E-state index contributed by atoms with van der Waals surface area (Å²) in [6.07, 6.45) is -2.41. The molecule has 12 heteroatoms. The molecular formula is C29H31N3O9. The van der Waals surface area contributed by atoms with Crippen LogP contribution in [0.25, 0.3) is 0 Å². The summed E-state index contributed by atoms with van der Waals surface area (Å²) < 4.78 is 5.33. The van der Waals surface area contributed by atoms with Crippen LogP contribution in [0.1, 0.15) is 27.9 Å². The fourth-order valence-corrected chi connectivity index (χ4v) is 6.57. The summed E-state index contributed by atoms with van der Waals surface area (Å²) in [5.74, 6) is -7.97. The summed E-state index contributed by atoms with van der Waals surface area (Å²) in [6.45, 7) is 1.89. The minimum Gasteiger partial charge on any atom is -0.508 e. The lowest BCUT2D eigenvalue weighted by atomic mass is 9.56. The molecule has 0 heterocycles. The summed E-state index contributed by atoms with van der Waals surface area (Å²) in [4.78, 5) is 53.5. The minimum atomic E-state index is -2.67. The molecule has 0 saturated heterocycles. The molecule has 1 fully saturated rings. The van der Waals surface area contributed by atoms with Crippen LogP contribution in [0.4, 0.5) is 10.5 Å². The van der Waals surface area contributed by atoms with Crippen LogP contribution >= 0.6 is 0 Å². The number of aliphatic hydroxyl groups excluding tert-OH is 2. The number of carbonyl (C=O) groups excluding carboxylic acids is 4. The Hall–Kier alpha value is -4.26. The summed E-state index contributed by atoms with van der Waals surface area (Å²) in [5.41, 5.74) is 3.69. The quantitative estimate of drug-likeness (QED) is 0.231. The number of Topliss-reactive ketones (excluding diaryl/α,β-unsaturated/α-hetero) is 2. The van der Waals surface area contributed by atoms with Crippen molar-refractivity contribution in [2.45, 2.75) is 37.5 Å². The van der Waals surface area contributed by atoms with Gasteiger partial charge < -0.3 is 35.8 Å². The van der Waals surface area contributed by atoms with Crippen LogP contribution in [0.2, 0.25) is 0 Å². The minimum absolute atomic E-state index is 0.0330. The molecule has 41 heavy (non-hydrogen) atoms. The number of phenolic OH excluding ortho intramolecular Hbond substituents is 1. The van der Waals surface area contributed by atoms with Crippen molar-refractivity contribution in [1.29, 1.82) is 0 Å². The van der Waals surface area contributed by atoms with E-state index >= 15 is 0 Å². The number of benzene rings is 2. The molecule has 12 nitrogen and oxygen atoms in total. The molecular weight excluding hydrogens is 534 g/mol. The molecule has 2 aromatic rings. The van der Waals surface area contributed by atoms with Crippen molar-refractivity contribution in [2.75, 3.05) is 19.4 Å². The van der Waals surface area contributed by atoms with E-state index in [-0.39, 0.29) is 35.2 Å². The number of aliphatic hydroxyl groups is 3. The SMILES string of the molecule is Cc1ccc(OC(=O)Nc2ccc(O)c3c2C[C@H]2C[C@H]4[C@H](N(C)C)C(O)C(C(N)=O)C(=O)[C@@]4(O)C(O)=C2C3=O)cc1. The number of nitrogens with two attached hydrogens (primary N) is 1. The van der Waals surface area contributed by atoms with Gasteiger partial charge in [-0.2, -0.15) is 0 Å². The first kappa shape index (κ1) is 28.3. The highest BCUT2D eigenvalue weighted by molar-refractivity contribution is 6.16. The second-order valence-electron chi connectivity index (χ2n) is 11.1. The second-order valence-corrected chi connectivity index (χ2v) is 11.1. The van der Waals surface area contributed by atoms with Crippen LogP contribution in [-0.4, -0.2) is 80.7 Å².